The fourth-order valence-corrected chi connectivity index (χ4v) is 4.90. The van der Waals surface area contributed by atoms with Gasteiger partial charge in [-0.05, 0) is 48.1 Å². The summed E-state index contributed by atoms with van der Waals surface area (Å²) < 4.78 is 24.1. The first-order chi connectivity index (χ1) is 13.3. The second kappa shape index (κ2) is 8.12. The van der Waals surface area contributed by atoms with E-state index in [1.807, 2.05) is 48.7 Å². The predicted molar refractivity (Wildman–Crippen MR) is 112 cm³/mol. The van der Waals surface area contributed by atoms with Crippen molar-refractivity contribution < 1.29 is 13.3 Å². The third kappa shape index (κ3) is 4.58. The number of nitro benzene ring substituents is 1. The molecule has 1 N–H and O–H groups in total. The second-order valence-corrected chi connectivity index (χ2v) is 9.50. The molecule has 0 saturated carbocycles. The maximum atomic E-state index is 12.0. The number of hydrogen-bond donors (Lipinski definition) is 1. The van der Waals surface area contributed by atoms with Crippen LogP contribution in [0, 0.1) is 17.0 Å². The molecule has 0 amide bonds. The number of sulfone groups is 1. The number of benzene rings is 2. The predicted octanol–water partition coefficient (Wildman–Crippen LogP) is 4.76. The summed E-state index contributed by atoms with van der Waals surface area (Å²) in [5, 5.41) is 16.6. The van der Waals surface area contributed by atoms with E-state index in [1.165, 1.54) is 12.1 Å². The SMILES string of the molecule is Cc1ccsc1C(Cc1ccccc1)Nc1ccc([N+](=O)[O-])c(S(C)(=O)=O)c1. The molecule has 28 heavy (non-hydrogen) atoms. The lowest BCUT2D eigenvalue weighted by Crippen LogP contribution is -2.14. The van der Waals surface area contributed by atoms with E-state index in [2.05, 4.69) is 5.32 Å². The Balaban J connectivity index is 1.99. The van der Waals surface area contributed by atoms with Gasteiger partial charge in [0.05, 0.1) is 11.0 Å². The third-order valence-corrected chi connectivity index (χ3v) is 6.66. The summed E-state index contributed by atoms with van der Waals surface area (Å²) in [6.07, 6.45) is 1.68. The number of thiophene rings is 1. The van der Waals surface area contributed by atoms with E-state index in [4.69, 9.17) is 0 Å². The van der Waals surface area contributed by atoms with Gasteiger partial charge in [0.2, 0.25) is 0 Å². The van der Waals surface area contributed by atoms with E-state index in [-0.39, 0.29) is 10.9 Å². The molecule has 1 unspecified atom stereocenters. The Morgan fingerprint density at radius 1 is 1.14 bits per heavy atom. The summed E-state index contributed by atoms with van der Waals surface area (Å²) in [5.74, 6) is 0. The van der Waals surface area contributed by atoms with Crippen LogP contribution in [-0.2, 0) is 16.3 Å². The molecule has 0 aliphatic heterocycles. The van der Waals surface area contributed by atoms with Crippen molar-refractivity contribution in [3.63, 3.8) is 0 Å². The summed E-state index contributed by atoms with van der Waals surface area (Å²) in [5.41, 5.74) is 2.39. The fraction of sp³-hybridized carbons (Fsp3) is 0.200. The summed E-state index contributed by atoms with van der Waals surface area (Å²) in [4.78, 5) is 11.4. The molecule has 8 heteroatoms. The van der Waals surface area contributed by atoms with Gasteiger partial charge in [0.1, 0.15) is 4.90 Å². The maximum Gasteiger partial charge on any atom is 0.288 e. The number of nitro groups is 1. The molecule has 1 heterocycles. The molecule has 0 radical (unpaired) electrons. The number of hydrogen-bond acceptors (Lipinski definition) is 6. The van der Waals surface area contributed by atoms with Gasteiger partial charge in [-0.1, -0.05) is 30.3 Å². The molecule has 1 aromatic heterocycles. The number of anilines is 1. The van der Waals surface area contributed by atoms with Crippen molar-refractivity contribution >= 4 is 32.5 Å². The van der Waals surface area contributed by atoms with Gasteiger partial charge in [0.25, 0.3) is 5.69 Å². The topological polar surface area (TPSA) is 89.3 Å². The summed E-state index contributed by atoms with van der Waals surface area (Å²) in [6, 6.07) is 16.1. The van der Waals surface area contributed by atoms with Crippen molar-refractivity contribution in [3.8, 4) is 0 Å². The lowest BCUT2D eigenvalue weighted by Gasteiger charge is -2.20. The van der Waals surface area contributed by atoms with Gasteiger partial charge >= 0.3 is 0 Å². The van der Waals surface area contributed by atoms with Gasteiger partial charge in [-0.2, -0.15) is 0 Å². The highest BCUT2D eigenvalue weighted by atomic mass is 32.2. The highest BCUT2D eigenvalue weighted by Crippen LogP contribution is 2.33. The Morgan fingerprint density at radius 2 is 1.86 bits per heavy atom. The molecule has 0 bridgehead atoms. The maximum absolute atomic E-state index is 12.0. The van der Waals surface area contributed by atoms with Crippen LogP contribution in [0.4, 0.5) is 11.4 Å². The molecule has 146 valence electrons. The van der Waals surface area contributed by atoms with Crippen molar-refractivity contribution in [2.24, 2.45) is 0 Å². The van der Waals surface area contributed by atoms with E-state index in [0.717, 1.165) is 22.3 Å². The number of nitrogens with one attached hydrogen (secondary N) is 1. The minimum atomic E-state index is -3.74. The highest BCUT2D eigenvalue weighted by Gasteiger charge is 2.24. The van der Waals surface area contributed by atoms with Crippen LogP contribution in [0.15, 0.2) is 64.9 Å². The van der Waals surface area contributed by atoms with Crippen LogP contribution in [0.5, 0.6) is 0 Å². The van der Waals surface area contributed by atoms with Crippen LogP contribution >= 0.6 is 11.3 Å². The van der Waals surface area contributed by atoms with Crippen LogP contribution in [-0.4, -0.2) is 19.6 Å². The van der Waals surface area contributed by atoms with E-state index in [1.54, 1.807) is 17.4 Å². The molecular weight excluding hydrogens is 396 g/mol. The lowest BCUT2D eigenvalue weighted by molar-refractivity contribution is -0.387. The minimum Gasteiger partial charge on any atom is -0.377 e. The van der Waals surface area contributed by atoms with E-state index in [9.17, 15) is 18.5 Å². The summed E-state index contributed by atoms with van der Waals surface area (Å²) in [6.45, 7) is 2.03. The number of nitrogens with zero attached hydrogens (tertiary/aromatic N) is 1. The highest BCUT2D eigenvalue weighted by molar-refractivity contribution is 7.90. The van der Waals surface area contributed by atoms with Gasteiger partial charge < -0.3 is 5.32 Å². The average Bonchev–Trinajstić information content (AvgIpc) is 3.07. The molecule has 1 atom stereocenters. The van der Waals surface area contributed by atoms with Gasteiger partial charge in [0.15, 0.2) is 9.84 Å². The third-order valence-electron chi connectivity index (χ3n) is 4.40. The van der Waals surface area contributed by atoms with Gasteiger partial charge in [-0.25, -0.2) is 8.42 Å². The lowest BCUT2D eigenvalue weighted by atomic mass is 10.0. The van der Waals surface area contributed by atoms with Crippen LogP contribution in [0.2, 0.25) is 0 Å². The van der Waals surface area contributed by atoms with Gasteiger partial charge in [-0.15, -0.1) is 11.3 Å². The molecular formula is C20H20N2O4S2. The zero-order valence-corrected chi connectivity index (χ0v) is 17.1. The van der Waals surface area contributed by atoms with Gasteiger partial charge in [0, 0.05) is 22.9 Å². The standard InChI is InChI=1S/C20H20N2O4S2/c1-14-10-11-27-20(14)17(12-15-6-4-3-5-7-15)21-16-8-9-18(22(23)24)19(13-16)28(2,25)26/h3-11,13,17,21H,12H2,1-2H3. The molecule has 3 aromatic rings. The molecule has 0 fully saturated rings. The first kappa shape index (κ1) is 20.0. The van der Waals surface area contributed by atoms with Crippen molar-refractivity contribution in [2.75, 3.05) is 11.6 Å². The second-order valence-electron chi connectivity index (χ2n) is 6.57. The Labute approximate surface area is 167 Å². The molecule has 3 rings (SSSR count). The summed E-state index contributed by atoms with van der Waals surface area (Å²) >= 11 is 1.62. The smallest absolute Gasteiger partial charge is 0.288 e. The Morgan fingerprint density at radius 3 is 2.43 bits per heavy atom. The molecule has 6 nitrogen and oxygen atoms in total. The van der Waals surface area contributed by atoms with Crippen LogP contribution in [0.1, 0.15) is 22.0 Å². The van der Waals surface area contributed by atoms with Crippen LogP contribution in [0.3, 0.4) is 0 Å². The Hall–Kier alpha value is -2.71. The van der Waals surface area contributed by atoms with E-state index < -0.39 is 20.4 Å². The van der Waals surface area contributed by atoms with Crippen molar-refractivity contribution in [3.05, 3.63) is 86.1 Å². The Bertz CT molecular complexity index is 1090. The number of aryl methyl sites for hydroxylation is 1. The molecule has 0 aliphatic carbocycles. The van der Waals surface area contributed by atoms with Gasteiger partial charge in [-0.3, -0.25) is 10.1 Å². The molecule has 0 spiro atoms. The first-order valence-electron chi connectivity index (χ1n) is 8.58. The van der Waals surface area contributed by atoms with Crippen LogP contribution < -0.4 is 5.32 Å². The van der Waals surface area contributed by atoms with E-state index >= 15 is 0 Å². The fourth-order valence-electron chi connectivity index (χ4n) is 3.05. The largest absolute Gasteiger partial charge is 0.377 e. The zero-order chi connectivity index (χ0) is 20.3. The van der Waals surface area contributed by atoms with Crippen molar-refractivity contribution in [1.29, 1.82) is 0 Å². The van der Waals surface area contributed by atoms with Crippen LogP contribution in [0.25, 0.3) is 0 Å². The van der Waals surface area contributed by atoms with Crippen molar-refractivity contribution in [1.82, 2.24) is 0 Å². The zero-order valence-electron chi connectivity index (χ0n) is 15.5. The quantitative estimate of drug-likeness (QED) is 0.443. The van der Waals surface area contributed by atoms with Crippen molar-refractivity contribution in [2.45, 2.75) is 24.3 Å². The monoisotopic (exact) mass is 416 g/mol. The minimum absolute atomic E-state index is 0.0868. The number of rotatable bonds is 7. The molecule has 2 aromatic carbocycles. The first-order valence-corrected chi connectivity index (χ1v) is 11.4. The summed E-state index contributed by atoms with van der Waals surface area (Å²) in [7, 11) is -3.74. The Kier molecular flexibility index (Phi) is 5.81. The molecule has 0 saturated heterocycles. The normalized spacial score (nSPS) is 12.5. The average molecular weight is 417 g/mol. The van der Waals surface area contributed by atoms with E-state index in [0.29, 0.717) is 12.1 Å². The molecule has 0 aliphatic rings.